The molecule has 82 valence electrons. The number of halogens is 1. The van der Waals surface area contributed by atoms with Crippen LogP contribution < -0.4 is 10.1 Å². The molecule has 0 radical (unpaired) electrons. The molecule has 1 N–H and O–H groups in total. The van der Waals surface area contributed by atoms with Crippen LogP contribution >= 0.6 is 0 Å². The highest BCUT2D eigenvalue weighted by Gasteiger charge is 2.02. The van der Waals surface area contributed by atoms with Crippen molar-refractivity contribution >= 4 is 5.69 Å². The van der Waals surface area contributed by atoms with Crippen LogP contribution in [-0.2, 0) is 0 Å². The summed E-state index contributed by atoms with van der Waals surface area (Å²) < 4.78 is 18.7. The van der Waals surface area contributed by atoms with Gasteiger partial charge in [-0.1, -0.05) is 12.1 Å². The minimum Gasteiger partial charge on any atom is -0.454 e. The molecule has 0 aromatic heterocycles. The van der Waals surface area contributed by atoms with Gasteiger partial charge in [0, 0.05) is 12.7 Å². The minimum absolute atomic E-state index is 0.236. The van der Waals surface area contributed by atoms with Gasteiger partial charge < -0.3 is 10.1 Å². The van der Waals surface area contributed by atoms with Crippen LogP contribution in [0.4, 0.5) is 10.1 Å². The molecular weight excluding hydrogens is 205 g/mol. The smallest absolute Gasteiger partial charge is 0.165 e. The molecular formula is C13H12FNO. The SMILES string of the molecule is CNc1ccc(Oc2ccccc2F)cc1. The van der Waals surface area contributed by atoms with Gasteiger partial charge in [-0.2, -0.15) is 0 Å². The number of hydrogen-bond acceptors (Lipinski definition) is 2. The van der Waals surface area contributed by atoms with Crippen molar-refractivity contribution in [2.24, 2.45) is 0 Å². The second-order valence-electron chi connectivity index (χ2n) is 3.31. The zero-order chi connectivity index (χ0) is 11.4. The van der Waals surface area contributed by atoms with Crippen LogP contribution in [-0.4, -0.2) is 7.05 Å². The molecule has 0 unspecified atom stereocenters. The lowest BCUT2D eigenvalue weighted by Crippen LogP contribution is -1.89. The fourth-order valence-electron chi connectivity index (χ4n) is 1.34. The molecule has 0 atom stereocenters. The van der Waals surface area contributed by atoms with E-state index >= 15 is 0 Å². The highest BCUT2D eigenvalue weighted by Crippen LogP contribution is 2.24. The predicted molar refractivity (Wildman–Crippen MR) is 62.5 cm³/mol. The maximum atomic E-state index is 13.3. The lowest BCUT2D eigenvalue weighted by Gasteiger charge is -2.07. The Morgan fingerprint density at radius 3 is 2.31 bits per heavy atom. The van der Waals surface area contributed by atoms with Gasteiger partial charge in [-0.3, -0.25) is 0 Å². The van der Waals surface area contributed by atoms with Crippen LogP contribution in [0.3, 0.4) is 0 Å². The summed E-state index contributed by atoms with van der Waals surface area (Å²) in [5.74, 6) is 0.490. The highest BCUT2D eigenvalue weighted by molar-refractivity contribution is 5.46. The van der Waals surface area contributed by atoms with Gasteiger partial charge >= 0.3 is 0 Å². The fourth-order valence-corrected chi connectivity index (χ4v) is 1.34. The van der Waals surface area contributed by atoms with E-state index in [1.165, 1.54) is 6.07 Å². The maximum absolute atomic E-state index is 13.3. The quantitative estimate of drug-likeness (QED) is 0.847. The van der Waals surface area contributed by atoms with E-state index in [9.17, 15) is 4.39 Å². The molecule has 0 aliphatic carbocycles. The summed E-state index contributed by atoms with van der Waals surface area (Å²) in [5, 5.41) is 3.00. The molecule has 0 aliphatic heterocycles. The van der Waals surface area contributed by atoms with Gasteiger partial charge in [0.25, 0.3) is 0 Å². The number of ether oxygens (including phenoxy) is 1. The molecule has 0 aliphatic rings. The molecule has 2 aromatic rings. The first kappa shape index (κ1) is 10.5. The average Bonchev–Trinajstić information content (AvgIpc) is 2.33. The molecule has 0 bridgehead atoms. The number of rotatable bonds is 3. The molecule has 2 rings (SSSR count). The minimum atomic E-state index is -0.361. The molecule has 0 spiro atoms. The maximum Gasteiger partial charge on any atom is 0.165 e. The van der Waals surface area contributed by atoms with Gasteiger partial charge in [0.2, 0.25) is 0 Å². The van der Waals surface area contributed by atoms with Crippen LogP contribution in [0.5, 0.6) is 11.5 Å². The van der Waals surface area contributed by atoms with Crippen LogP contribution in [0.15, 0.2) is 48.5 Å². The number of para-hydroxylation sites is 1. The van der Waals surface area contributed by atoms with Gasteiger partial charge in [-0.25, -0.2) is 4.39 Å². The van der Waals surface area contributed by atoms with Crippen molar-refractivity contribution in [1.82, 2.24) is 0 Å². The zero-order valence-electron chi connectivity index (χ0n) is 8.91. The van der Waals surface area contributed by atoms with Gasteiger partial charge in [0.05, 0.1) is 0 Å². The van der Waals surface area contributed by atoms with E-state index in [0.717, 1.165) is 5.69 Å². The van der Waals surface area contributed by atoms with Crippen molar-refractivity contribution in [3.8, 4) is 11.5 Å². The molecule has 2 aromatic carbocycles. The van der Waals surface area contributed by atoms with Crippen molar-refractivity contribution in [2.45, 2.75) is 0 Å². The largest absolute Gasteiger partial charge is 0.454 e. The molecule has 2 nitrogen and oxygen atoms in total. The Balaban J connectivity index is 2.18. The Morgan fingerprint density at radius 1 is 1.00 bits per heavy atom. The molecule has 0 fully saturated rings. The van der Waals surface area contributed by atoms with E-state index in [1.54, 1.807) is 30.3 Å². The van der Waals surface area contributed by atoms with Crippen molar-refractivity contribution < 1.29 is 9.13 Å². The Bertz CT molecular complexity index is 468. The molecule has 3 heteroatoms. The topological polar surface area (TPSA) is 21.3 Å². The van der Waals surface area contributed by atoms with Crippen LogP contribution in [0.2, 0.25) is 0 Å². The Labute approximate surface area is 93.7 Å². The first-order valence-corrected chi connectivity index (χ1v) is 5.00. The summed E-state index contributed by atoms with van der Waals surface area (Å²) in [5.41, 5.74) is 0.987. The van der Waals surface area contributed by atoms with Crippen molar-refractivity contribution in [1.29, 1.82) is 0 Å². The van der Waals surface area contributed by atoms with E-state index < -0.39 is 0 Å². The van der Waals surface area contributed by atoms with Gasteiger partial charge in [-0.05, 0) is 36.4 Å². The van der Waals surface area contributed by atoms with E-state index in [2.05, 4.69) is 5.32 Å². The number of anilines is 1. The zero-order valence-corrected chi connectivity index (χ0v) is 8.91. The molecule has 16 heavy (non-hydrogen) atoms. The third-order valence-corrected chi connectivity index (χ3v) is 2.21. The number of nitrogens with one attached hydrogen (secondary N) is 1. The summed E-state index contributed by atoms with van der Waals surface area (Å²) in [6.07, 6.45) is 0. The van der Waals surface area contributed by atoms with Crippen molar-refractivity contribution in [2.75, 3.05) is 12.4 Å². The normalized spacial score (nSPS) is 9.88. The number of benzene rings is 2. The molecule has 0 heterocycles. The van der Waals surface area contributed by atoms with Gasteiger partial charge in [-0.15, -0.1) is 0 Å². The summed E-state index contributed by atoms with van der Waals surface area (Å²) in [7, 11) is 1.84. The summed E-state index contributed by atoms with van der Waals surface area (Å²) in [4.78, 5) is 0. The summed E-state index contributed by atoms with van der Waals surface area (Å²) >= 11 is 0. The van der Waals surface area contributed by atoms with E-state index in [4.69, 9.17) is 4.74 Å². The fraction of sp³-hybridized carbons (Fsp3) is 0.0769. The van der Waals surface area contributed by atoms with Crippen LogP contribution in [0, 0.1) is 5.82 Å². The van der Waals surface area contributed by atoms with E-state index in [0.29, 0.717) is 5.75 Å². The lowest BCUT2D eigenvalue weighted by molar-refractivity contribution is 0.442. The monoisotopic (exact) mass is 217 g/mol. The lowest BCUT2D eigenvalue weighted by atomic mass is 10.3. The van der Waals surface area contributed by atoms with Gasteiger partial charge in [0.1, 0.15) is 5.75 Å². The van der Waals surface area contributed by atoms with Crippen LogP contribution in [0.25, 0.3) is 0 Å². The van der Waals surface area contributed by atoms with Crippen molar-refractivity contribution in [3.05, 3.63) is 54.3 Å². The third kappa shape index (κ3) is 2.31. The second-order valence-corrected chi connectivity index (χ2v) is 3.31. The summed E-state index contributed by atoms with van der Waals surface area (Å²) in [6, 6.07) is 13.7. The van der Waals surface area contributed by atoms with E-state index in [-0.39, 0.29) is 11.6 Å². The first-order valence-electron chi connectivity index (χ1n) is 5.00. The Kier molecular flexibility index (Phi) is 3.05. The molecule has 0 saturated carbocycles. The first-order chi connectivity index (χ1) is 7.79. The average molecular weight is 217 g/mol. The number of hydrogen-bond donors (Lipinski definition) is 1. The second kappa shape index (κ2) is 4.66. The third-order valence-electron chi connectivity index (χ3n) is 2.21. The molecule has 0 saturated heterocycles. The summed E-state index contributed by atoms with van der Waals surface area (Å²) in [6.45, 7) is 0. The predicted octanol–water partition coefficient (Wildman–Crippen LogP) is 3.66. The highest BCUT2D eigenvalue weighted by atomic mass is 19.1. The Hall–Kier alpha value is -2.03. The standard InChI is InChI=1S/C13H12FNO/c1-15-10-6-8-11(9-7-10)16-13-5-3-2-4-12(13)14/h2-9,15H,1H3. The van der Waals surface area contributed by atoms with Crippen LogP contribution in [0.1, 0.15) is 0 Å². The Morgan fingerprint density at radius 2 is 1.69 bits per heavy atom. The van der Waals surface area contributed by atoms with E-state index in [1.807, 2.05) is 19.2 Å². The molecule has 0 amide bonds. The van der Waals surface area contributed by atoms with Gasteiger partial charge in [0.15, 0.2) is 11.6 Å². The van der Waals surface area contributed by atoms with Crippen molar-refractivity contribution in [3.63, 3.8) is 0 Å².